The van der Waals surface area contributed by atoms with Crippen molar-refractivity contribution in [2.45, 2.75) is 19.4 Å². The highest BCUT2D eigenvalue weighted by atomic mass is 32.1. The van der Waals surface area contributed by atoms with Gasteiger partial charge in [-0.1, -0.05) is 52.9 Å². The second-order valence-corrected chi connectivity index (χ2v) is 8.45. The van der Waals surface area contributed by atoms with Crippen molar-refractivity contribution >= 4 is 32.6 Å². The molecular weight excluding hydrogens is 417 g/mol. The highest BCUT2D eigenvalue weighted by Crippen LogP contribution is 2.32. The summed E-state index contributed by atoms with van der Waals surface area (Å²) < 4.78 is 20.0. The third-order valence-corrected chi connectivity index (χ3v) is 6.49. The van der Waals surface area contributed by atoms with Gasteiger partial charge in [-0.25, -0.2) is 9.37 Å². The number of hydrogen-bond donors (Lipinski definition) is 1. The molecule has 5 rings (SSSR count). The lowest BCUT2D eigenvalue weighted by Crippen LogP contribution is -2.40. The fourth-order valence-corrected chi connectivity index (χ4v) is 4.74. The van der Waals surface area contributed by atoms with Gasteiger partial charge in [0.25, 0.3) is 0 Å². The maximum absolute atomic E-state index is 13.9. The van der Waals surface area contributed by atoms with Crippen molar-refractivity contribution in [2.24, 2.45) is 5.92 Å². The van der Waals surface area contributed by atoms with E-state index in [9.17, 15) is 9.18 Å². The van der Waals surface area contributed by atoms with Gasteiger partial charge in [0.2, 0.25) is 17.6 Å². The average Bonchev–Trinajstić information content (AvgIpc) is 3.46. The molecule has 4 aromatic rings. The van der Waals surface area contributed by atoms with Crippen LogP contribution in [-0.2, 0) is 11.3 Å². The minimum atomic E-state index is -0.300. The highest BCUT2D eigenvalue weighted by molar-refractivity contribution is 7.22. The molecule has 1 aliphatic heterocycles. The van der Waals surface area contributed by atoms with Crippen LogP contribution < -0.4 is 10.2 Å². The molecule has 0 spiro atoms. The number of anilines is 1. The number of fused-ring (bicyclic) bond motifs is 1. The fraction of sp³-hybridized carbons (Fsp3) is 0.273. The van der Waals surface area contributed by atoms with Crippen molar-refractivity contribution in [3.63, 3.8) is 0 Å². The van der Waals surface area contributed by atoms with Gasteiger partial charge in [0, 0.05) is 24.6 Å². The summed E-state index contributed by atoms with van der Waals surface area (Å²) >= 11 is 1.48. The van der Waals surface area contributed by atoms with Crippen LogP contribution >= 0.6 is 11.3 Å². The predicted octanol–water partition coefficient (Wildman–Crippen LogP) is 4.02. The molecule has 158 valence electrons. The Labute approximate surface area is 181 Å². The molecule has 2 aromatic heterocycles. The number of aromatic nitrogens is 3. The zero-order valence-corrected chi connectivity index (χ0v) is 17.4. The molecular formula is C22H20FN5O2S. The summed E-state index contributed by atoms with van der Waals surface area (Å²) in [6.45, 7) is 1.62. The number of piperidine rings is 1. The van der Waals surface area contributed by atoms with Gasteiger partial charge in [0.05, 0.1) is 11.2 Å². The van der Waals surface area contributed by atoms with Gasteiger partial charge in [-0.15, -0.1) is 0 Å². The molecule has 0 atom stereocenters. The molecule has 31 heavy (non-hydrogen) atoms. The summed E-state index contributed by atoms with van der Waals surface area (Å²) in [6, 6.07) is 14.5. The van der Waals surface area contributed by atoms with Gasteiger partial charge >= 0.3 is 0 Å². The summed E-state index contributed by atoms with van der Waals surface area (Å²) in [5.74, 6) is 0.477. The normalized spacial score (nSPS) is 14.8. The Hall–Kier alpha value is -3.33. The predicted molar refractivity (Wildman–Crippen MR) is 116 cm³/mol. The average molecular weight is 438 g/mol. The summed E-state index contributed by atoms with van der Waals surface area (Å²) in [7, 11) is 0. The molecule has 3 heterocycles. The molecule has 7 nitrogen and oxygen atoms in total. The van der Waals surface area contributed by atoms with Crippen molar-refractivity contribution in [1.29, 1.82) is 0 Å². The lowest BCUT2D eigenvalue weighted by atomic mass is 9.96. The Kier molecular flexibility index (Phi) is 5.33. The summed E-state index contributed by atoms with van der Waals surface area (Å²) in [5.41, 5.74) is 1.28. The molecule has 0 saturated carbocycles. The number of thiazole rings is 1. The maximum atomic E-state index is 13.9. The van der Waals surface area contributed by atoms with Crippen molar-refractivity contribution in [1.82, 2.24) is 20.4 Å². The molecule has 9 heteroatoms. The molecule has 0 bridgehead atoms. The van der Waals surface area contributed by atoms with Crippen molar-refractivity contribution in [2.75, 3.05) is 18.0 Å². The van der Waals surface area contributed by atoms with E-state index in [0.29, 0.717) is 43.2 Å². The van der Waals surface area contributed by atoms with Gasteiger partial charge < -0.3 is 14.7 Å². The molecule has 1 N–H and O–H groups in total. The fourth-order valence-electron chi connectivity index (χ4n) is 3.71. The molecule has 1 aliphatic rings. The number of halogens is 1. The van der Waals surface area contributed by atoms with Crippen LogP contribution in [0.5, 0.6) is 0 Å². The van der Waals surface area contributed by atoms with Crippen LogP contribution in [0, 0.1) is 11.7 Å². The van der Waals surface area contributed by atoms with Gasteiger partial charge in [-0.2, -0.15) is 4.98 Å². The highest BCUT2D eigenvalue weighted by Gasteiger charge is 2.27. The SMILES string of the molecule is O=C(NCc1nc(-c2ccccc2)no1)C1CCN(c2nc3c(F)cccc3s2)CC1. The number of benzene rings is 2. The van der Waals surface area contributed by atoms with Gasteiger partial charge in [0.15, 0.2) is 5.13 Å². The first-order valence-electron chi connectivity index (χ1n) is 10.1. The summed E-state index contributed by atoms with van der Waals surface area (Å²) in [5, 5.41) is 7.67. The molecule has 0 radical (unpaired) electrons. The number of para-hydroxylation sites is 1. The molecule has 0 aliphatic carbocycles. The van der Waals surface area contributed by atoms with Crippen LogP contribution in [0.2, 0.25) is 0 Å². The molecule has 1 fully saturated rings. The third-order valence-electron chi connectivity index (χ3n) is 5.41. The number of nitrogens with zero attached hydrogens (tertiary/aromatic N) is 4. The van der Waals surface area contributed by atoms with Crippen molar-refractivity contribution in [3.8, 4) is 11.4 Å². The zero-order chi connectivity index (χ0) is 21.2. The monoisotopic (exact) mass is 437 g/mol. The van der Waals surface area contributed by atoms with E-state index in [4.69, 9.17) is 4.52 Å². The van der Waals surface area contributed by atoms with Crippen LogP contribution in [0.4, 0.5) is 9.52 Å². The second-order valence-electron chi connectivity index (χ2n) is 7.44. The van der Waals surface area contributed by atoms with E-state index in [-0.39, 0.29) is 24.2 Å². The molecule has 1 saturated heterocycles. The van der Waals surface area contributed by atoms with Crippen LogP contribution in [0.3, 0.4) is 0 Å². The molecule has 1 amide bonds. The third kappa shape index (κ3) is 4.13. The number of hydrogen-bond acceptors (Lipinski definition) is 7. The maximum Gasteiger partial charge on any atom is 0.246 e. The lowest BCUT2D eigenvalue weighted by Gasteiger charge is -2.30. The Bertz CT molecular complexity index is 1200. The van der Waals surface area contributed by atoms with E-state index in [1.165, 1.54) is 17.4 Å². The first-order chi connectivity index (χ1) is 15.2. The minimum absolute atomic E-state index is 0.0190. The molecule has 2 aromatic carbocycles. The van der Waals surface area contributed by atoms with Crippen molar-refractivity contribution in [3.05, 3.63) is 60.2 Å². The second kappa shape index (κ2) is 8.43. The lowest BCUT2D eigenvalue weighted by molar-refractivity contribution is -0.125. The summed E-state index contributed by atoms with van der Waals surface area (Å²) in [4.78, 5) is 23.5. The number of carbonyl (C=O) groups excluding carboxylic acids is 1. The van der Waals surface area contributed by atoms with Crippen LogP contribution in [0.15, 0.2) is 53.1 Å². The Morgan fingerprint density at radius 2 is 1.94 bits per heavy atom. The van der Waals surface area contributed by atoms with Crippen LogP contribution in [-0.4, -0.2) is 34.1 Å². The first-order valence-corrected chi connectivity index (χ1v) is 10.9. The topological polar surface area (TPSA) is 84.2 Å². The van der Waals surface area contributed by atoms with Gasteiger partial charge in [0.1, 0.15) is 11.3 Å². The number of rotatable bonds is 5. The van der Waals surface area contributed by atoms with Gasteiger partial charge in [-0.05, 0) is 25.0 Å². The zero-order valence-electron chi connectivity index (χ0n) is 16.6. The minimum Gasteiger partial charge on any atom is -0.348 e. The van der Waals surface area contributed by atoms with E-state index < -0.39 is 0 Å². The van der Waals surface area contributed by atoms with Crippen molar-refractivity contribution < 1.29 is 13.7 Å². The first kappa shape index (κ1) is 19.6. The Morgan fingerprint density at radius 3 is 2.71 bits per heavy atom. The van der Waals surface area contributed by atoms with Crippen LogP contribution in [0.1, 0.15) is 18.7 Å². The van der Waals surface area contributed by atoms with Gasteiger partial charge in [-0.3, -0.25) is 4.79 Å². The number of carbonyl (C=O) groups is 1. The van der Waals surface area contributed by atoms with E-state index >= 15 is 0 Å². The van der Waals surface area contributed by atoms with E-state index in [1.807, 2.05) is 36.4 Å². The summed E-state index contributed by atoms with van der Waals surface area (Å²) in [6.07, 6.45) is 1.42. The van der Waals surface area contributed by atoms with E-state index in [2.05, 4.69) is 25.3 Å². The number of amides is 1. The quantitative estimate of drug-likeness (QED) is 0.508. The standard InChI is InChI=1S/C22H20FN5O2S/c23-16-7-4-8-17-19(16)26-22(31-17)28-11-9-15(10-12-28)21(29)24-13-18-25-20(27-30-18)14-5-2-1-3-6-14/h1-8,15H,9-13H2,(H,24,29). The van der Waals surface area contributed by atoms with E-state index in [1.54, 1.807) is 6.07 Å². The Balaban J connectivity index is 1.15. The Morgan fingerprint density at radius 1 is 1.13 bits per heavy atom. The van der Waals surface area contributed by atoms with Crippen LogP contribution in [0.25, 0.3) is 21.6 Å². The van der Waals surface area contributed by atoms with E-state index in [0.717, 1.165) is 15.4 Å². The smallest absolute Gasteiger partial charge is 0.246 e. The molecule has 0 unspecified atom stereocenters. The number of nitrogens with one attached hydrogen (secondary N) is 1. The largest absolute Gasteiger partial charge is 0.348 e.